The minimum absolute atomic E-state index is 0.165. The highest BCUT2D eigenvalue weighted by atomic mass is 16.6. The van der Waals surface area contributed by atoms with Crippen molar-refractivity contribution in [2.45, 2.75) is 20.3 Å². The van der Waals surface area contributed by atoms with Crippen molar-refractivity contribution in [3.05, 3.63) is 51.2 Å². The largest absolute Gasteiger partial charge is 0.259 e. The van der Waals surface area contributed by atoms with E-state index in [4.69, 9.17) is 0 Å². The van der Waals surface area contributed by atoms with Crippen LogP contribution < -0.4 is 0 Å². The minimum Gasteiger partial charge on any atom is -0.259 e. The summed E-state index contributed by atoms with van der Waals surface area (Å²) < 4.78 is 0. The van der Waals surface area contributed by atoms with E-state index in [0.717, 1.165) is 12.0 Å². The first-order valence-electron chi connectivity index (χ1n) is 4.55. The van der Waals surface area contributed by atoms with Gasteiger partial charge in [-0.15, -0.1) is 0 Å². The van der Waals surface area contributed by atoms with Gasteiger partial charge in [-0.25, -0.2) is 0 Å². The first kappa shape index (κ1) is 10.4. The fourth-order valence-electron chi connectivity index (χ4n) is 1.20. The molecule has 1 aromatic carbocycles. The molecule has 0 spiro atoms. The zero-order valence-corrected chi connectivity index (χ0v) is 8.36. The summed E-state index contributed by atoms with van der Waals surface area (Å²) in [7, 11) is 0. The molecule has 0 aliphatic carbocycles. The molecule has 0 aliphatic rings. The van der Waals surface area contributed by atoms with E-state index in [1.54, 1.807) is 6.08 Å². The molecule has 0 amide bonds. The topological polar surface area (TPSA) is 43.1 Å². The Labute approximate surface area is 83.2 Å². The van der Waals surface area contributed by atoms with E-state index in [2.05, 4.69) is 6.92 Å². The molecule has 0 N–H and O–H groups in total. The first-order chi connectivity index (χ1) is 6.63. The van der Waals surface area contributed by atoms with Crippen LogP contribution in [0.3, 0.4) is 0 Å². The van der Waals surface area contributed by atoms with Crippen molar-refractivity contribution in [3.8, 4) is 0 Å². The highest BCUT2D eigenvalue weighted by Gasteiger charge is 2.01. The lowest BCUT2D eigenvalue weighted by molar-refractivity contribution is -0.422. The summed E-state index contributed by atoms with van der Waals surface area (Å²) in [4.78, 5) is 10.0. The van der Waals surface area contributed by atoms with E-state index < -0.39 is 0 Å². The van der Waals surface area contributed by atoms with E-state index in [9.17, 15) is 10.1 Å². The van der Waals surface area contributed by atoms with Gasteiger partial charge in [0.1, 0.15) is 0 Å². The SMILES string of the molecule is CCc1cccc(/C=C(\C)[N+](=O)[O-])c1. The number of nitrogens with zero attached hydrogens (tertiary/aromatic N) is 1. The van der Waals surface area contributed by atoms with Gasteiger partial charge < -0.3 is 0 Å². The average Bonchev–Trinajstić information content (AvgIpc) is 2.18. The number of hydrogen-bond acceptors (Lipinski definition) is 2. The summed E-state index contributed by atoms with van der Waals surface area (Å²) in [5, 5.41) is 10.4. The molecule has 0 atom stereocenters. The van der Waals surface area contributed by atoms with Gasteiger partial charge in [0.15, 0.2) is 0 Å². The van der Waals surface area contributed by atoms with Crippen LogP contribution in [0.25, 0.3) is 6.08 Å². The molecule has 0 fully saturated rings. The van der Waals surface area contributed by atoms with Crippen LogP contribution in [-0.2, 0) is 6.42 Å². The molecule has 0 aromatic heterocycles. The van der Waals surface area contributed by atoms with Crippen LogP contribution in [0.1, 0.15) is 25.0 Å². The number of rotatable bonds is 3. The Kier molecular flexibility index (Phi) is 3.40. The molecular weight excluding hydrogens is 178 g/mol. The third-order valence-electron chi connectivity index (χ3n) is 2.02. The highest BCUT2D eigenvalue weighted by molar-refractivity contribution is 5.51. The smallest absolute Gasteiger partial charge is 0.243 e. The van der Waals surface area contributed by atoms with Crippen molar-refractivity contribution in [2.24, 2.45) is 0 Å². The van der Waals surface area contributed by atoms with Crippen LogP contribution >= 0.6 is 0 Å². The molecule has 14 heavy (non-hydrogen) atoms. The summed E-state index contributed by atoms with van der Waals surface area (Å²) in [5.74, 6) is 0. The Hall–Kier alpha value is -1.64. The third-order valence-corrected chi connectivity index (χ3v) is 2.02. The van der Waals surface area contributed by atoms with Crippen molar-refractivity contribution in [1.29, 1.82) is 0 Å². The second-order valence-corrected chi connectivity index (χ2v) is 3.14. The molecular formula is C11H13NO2. The second-order valence-electron chi connectivity index (χ2n) is 3.14. The lowest BCUT2D eigenvalue weighted by atomic mass is 10.1. The molecule has 0 saturated heterocycles. The van der Waals surface area contributed by atoms with Gasteiger partial charge in [-0.2, -0.15) is 0 Å². The molecule has 0 bridgehead atoms. The van der Waals surface area contributed by atoms with E-state index in [1.165, 1.54) is 12.5 Å². The Morgan fingerprint density at radius 1 is 1.57 bits per heavy atom. The van der Waals surface area contributed by atoms with Crippen LogP contribution in [0.4, 0.5) is 0 Å². The van der Waals surface area contributed by atoms with Crippen molar-refractivity contribution in [1.82, 2.24) is 0 Å². The summed E-state index contributed by atoms with van der Waals surface area (Å²) >= 11 is 0. The lowest BCUT2D eigenvalue weighted by Crippen LogP contribution is -1.93. The average molecular weight is 191 g/mol. The Morgan fingerprint density at radius 2 is 2.29 bits per heavy atom. The molecule has 1 rings (SSSR count). The Bertz CT molecular complexity index is 369. The quantitative estimate of drug-likeness (QED) is 0.544. The van der Waals surface area contributed by atoms with E-state index in [-0.39, 0.29) is 10.6 Å². The minimum atomic E-state index is -0.376. The highest BCUT2D eigenvalue weighted by Crippen LogP contribution is 2.10. The predicted molar refractivity (Wildman–Crippen MR) is 56.5 cm³/mol. The number of allylic oxidation sites excluding steroid dienone is 1. The zero-order chi connectivity index (χ0) is 10.6. The number of aryl methyl sites for hydroxylation is 1. The summed E-state index contributed by atoms with van der Waals surface area (Å²) in [6.45, 7) is 3.56. The van der Waals surface area contributed by atoms with Crippen LogP contribution in [0, 0.1) is 10.1 Å². The molecule has 3 nitrogen and oxygen atoms in total. The molecule has 1 aromatic rings. The van der Waals surface area contributed by atoms with Crippen LogP contribution in [0.15, 0.2) is 30.0 Å². The van der Waals surface area contributed by atoms with Gasteiger partial charge in [0.2, 0.25) is 5.70 Å². The number of hydrogen-bond donors (Lipinski definition) is 0. The van der Waals surface area contributed by atoms with Crippen LogP contribution in [-0.4, -0.2) is 4.92 Å². The summed E-state index contributed by atoms with van der Waals surface area (Å²) in [6, 6.07) is 7.76. The number of benzene rings is 1. The third kappa shape index (κ3) is 2.69. The van der Waals surface area contributed by atoms with E-state index in [0.29, 0.717) is 0 Å². The van der Waals surface area contributed by atoms with Crippen molar-refractivity contribution < 1.29 is 4.92 Å². The maximum atomic E-state index is 10.4. The predicted octanol–water partition coefficient (Wildman–Crippen LogP) is 2.89. The number of nitro groups is 1. The normalized spacial score (nSPS) is 11.4. The van der Waals surface area contributed by atoms with Gasteiger partial charge in [-0.3, -0.25) is 10.1 Å². The molecule has 0 radical (unpaired) electrons. The zero-order valence-electron chi connectivity index (χ0n) is 8.36. The summed E-state index contributed by atoms with van der Waals surface area (Å²) in [6.07, 6.45) is 2.53. The molecule has 0 heterocycles. The Balaban J connectivity index is 2.97. The Morgan fingerprint density at radius 3 is 2.86 bits per heavy atom. The van der Waals surface area contributed by atoms with Crippen molar-refractivity contribution >= 4 is 6.08 Å². The van der Waals surface area contributed by atoms with E-state index in [1.807, 2.05) is 24.3 Å². The summed E-state index contributed by atoms with van der Waals surface area (Å²) in [5.41, 5.74) is 2.24. The molecule has 0 saturated carbocycles. The molecule has 74 valence electrons. The fraction of sp³-hybridized carbons (Fsp3) is 0.273. The molecule has 3 heteroatoms. The molecule has 0 unspecified atom stereocenters. The van der Waals surface area contributed by atoms with Gasteiger partial charge in [0.05, 0.1) is 4.92 Å². The first-order valence-corrected chi connectivity index (χ1v) is 4.55. The maximum absolute atomic E-state index is 10.4. The van der Waals surface area contributed by atoms with Crippen molar-refractivity contribution in [3.63, 3.8) is 0 Å². The standard InChI is InChI=1S/C11H13NO2/c1-3-10-5-4-6-11(8-10)7-9(2)12(13)14/h4-8H,3H2,1-2H3/b9-7+. The van der Waals surface area contributed by atoms with Crippen molar-refractivity contribution in [2.75, 3.05) is 0 Å². The van der Waals surface area contributed by atoms with Gasteiger partial charge in [-0.05, 0) is 17.5 Å². The maximum Gasteiger partial charge on any atom is 0.243 e. The van der Waals surface area contributed by atoms with Gasteiger partial charge >= 0.3 is 0 Å². The van der Waals surface area contributed by atoms with Crippen LogP contribution in [0.2, 0.25) is 0 Å². The van der Waals surface area contributed by atoms with Crippen LogP contribution in [0.5, 0.6) is 0 Å². The van der Waals surface area contributed by atoms with E-state index >= 15 is 0 Å². The second kappa shape index (κ2) is 4.56. The lowest BCUT2D eigenvalue weighted by Gasteiger charge is -1.98. The molecule has 0 aliphatic heterocycles. The van der Waals surface area contributed by atoms with Gasteiger partial charge in [-0.1, -0.05) is 31.2 Å². The van der Waals surface area contributed by atoms with Gasteiger partial charge in [0, 0.05) is 13.0 Å². The monoisotopic (exact) mass is 191 g/mol. The van der Waals surface area contributed by atoms with Gasteiger partial charge in [0.25, 0.3) is 0 Å². The fourth-order valence-corrected chi connectivity index (χ4v) is 1.20.